The average molecular weight is 294 g/mol. The van der Waals surface area contributed by atoms with Crippen molar-refractivity contribution in [2.24, 2.45) is 0 Å². The number of hydrogen-bond donors (Lipinski definition) is 0. The first-order valence-electron chi connectivity index (χ1n) is 8.32. The van der Waals surface area contributed by atoms with Crippen LogP contribution in [-0.2, 0) is 12.8 Å². The fourth-order valence-corrected chi connectivity index (χ4v) is 3.44. The molecule has 1 saturated carbocycles. The second-order valence-corrected chi connectivity index (χ2v) is 6.34. The summed E-state index contributed by atoms with van der Waals surface area (Å²) in [7, 11) is 0. The minimum atomic E-state index is 0.798. The van der Waals surface area contributed by atoms with Gasteiger partial charge in [0.25, 0.3) is 0 Å². The first kappa shape index (κ1) is 13.8. The van der Waals surface area contributed by atoms with E-state index in [2.05, 4.69) is 28.1 Å². The predicted molar refractivity (Wildman–Crippen MR) is 87.4 cm³/mol. The van der Waals surface area contributed by atoms with Gasteiger partial charge in [-0.2, -0.15) is 0 Å². The number of ether oxygens (including phenoxy) is 1. The first-order chi connectivity index (χ1) is 10.9. The van der Waals surface area contributed by atoms with E-state index in [4.69, 9.17) is 4.74 Å². The fraction of sp³-hybridized carbons (Fsp3) is 0.421. The molecule has 0 spiro atoms. The highest BCUT2D eigenvalue weighted by Crippen LogP contribution is 2.29. The number of aromatic nitrogens is 1. The molecule has 4 rings (SSSR count). The number of rotatable bonds is 3. The van der Waals surface area contributed by atoms with Crippen LogP contribution in [0.1, 0.15) is 30.4 Å². The molecule has 0 amide bonds. The van der Waals surface area contributed by atoms with Crippen molar-refractivity contribution in [3.05, 3.63) is 53.9 Å². The number of fused-ring (bicyclic) bond motifs is 1. The van der Waals surface area contributed by atoms with Crippen LogP contribution in [0.2, 0.25) is 0 Å². The van der Waals surface area contributed by atoms with E-state index < -0.39 is 0 Å². The normalized spacial score (nSPS) is 19.1. The zero-order valence-electron chi connectivity index (χ0n) is 12.9. The second kappa shape index (κ2) is 6.09. The van der Waals surface area contributed by atoms with Crippen LogP contribution in [0.4, 0.5) is 0 Å². The standard InChI is InChI=1S/C19H22N2O/c1-3-17(4-1)21-11-8-15-6-7-18(13-16(15)9-12-21)22-19-5-2-10-20-14-19/h2,5-7,10,13-14,17H,1,3-4,8-9,11-12H2. The summed E-state index contributed by atoms with van der Waals surface area (Å²) in [4.78, 5) is 6.78. The van der Waals surface area contributed by atoms with Gasteiger partial charge in [0, 0.05) is 25.3 Å². The Morgan fingerprint density at radius 3 is 2.59 bits per heavy atom. The van der Waals surface area contributed by atoms with Gasteiger partial charge in [0.05, 0.1) is 6.20 Å². The molecular weight excluding hydrogens is 272 g/mol. The van der Waals surface area contributed by atoms with E-state index in [0.717, 1.165) is 24.0 Å². The van der Waals surface area contributed by atoms with E-state index in [-0.39, 0.29) is 0 Å². The summed E-state index contributed by atoms with van der Waals surface area (Å²) in [6.45, 7) is 2.40. The molecule has 1 fully saturated rings. The molecule has 1 aliphatic carbocycles. The van der Waals surface area contributed by atoms with Crippen LogP contribution in [0.3, 0.4) is 0 Å². The number of hydrogen-bond acceptors (Lipinski definition) is 3. The van der Waals surface area contributed by atoms with Crippen LogP contribution in [0.5, 0.6) is 11.5 Å². The Labute approximate surface area is 131 Å². The molecule has 2 aliphatic rings. The molecule has 1 aromatic carbocycles. The lowest BCUT2D eigenvalue weighted by Gasteiger charge is -2.36. The second-order valence-electron chi connectivity index (χ2n) is 6.34. The largest absolute Gasteiger partial charge is 0.456 e. The van der Waals surface area contributed by atoms with E-state index in [0.29, 0.717) is 0 Å². The van der Waals surface area contributed by atoms with Gasteiger partial charge < -0.3 is 4.74 Å². The van der Waals surface area contributed by atoms with Crippen LogP contribution in [0.25, 0.3) is 0 Å². The molecule has 0 bridgehead atoms. The topological polar surface area (TPSA) is 25.4 Å². The Bertz CT molecular complexity index is 637. The Hall–Kier alpha value is -1.87. The van der Waals surface area contributed by atoms with Crippen LogP contribution in [0, 0.1) is 0 Å². The fourth-order valence-electron chi connectivity index (χ4n) is 3.44. The molecular formula is C19H22N2O. The molecule has 114 valence electrons. The first-order valence-corrected chi connectivity index (χ1v) is 8.32. The van der Waals surface area contributed by atoms with E-state index >= 15 is 0 Å². The summed E-state index contributed by atoms with van der Waals surface area (Å²) in [5, 5.41) is 0. The van der Waals surface area contributed by atoms with Gasteiger partial charge in [-0.15, -0.1) is 0 Å². The zero-order valence-corrected chi connectivity index (χ0v) is 12.9. The molecule has 0 radical (unpaired) electrons. The van der Waals surface area contributed by atoms with E-state index in [9.17, 15) is 0 Å². The zero-order chi connectivity index (χ0) is 14.8. The maximum absolute atomic E-state index is 5.92. The van der Waals surface area contributed by atoms with Gasteiger partial charge in [0.1, 0.15) is 11.5 Å². The third-order valence-corrected chi connectivity index (χ3v) is 4.98. The van der Waals surface area contributed by atoms with Gasteiger partial charge in [-0.05, 0) is 61.1 Å². The molecule has 3 heteroatoms. The van der Waals surface area contributed by atoms with Crippen molar-refractivity contribution in [3.8, 4) is 11.5 Å². The summed E-state index contributed by atoms with van der Waals surface area (Å²) in [5.41, 5.74) is 2.93. The predicted octanol–water partition coefficient (Wildman–Crippen LogP) is 3.83. The van der Waals surface area contributed by atoms with Crippen LogP contribution in [-0.4, -0.2) is 29.0 Å². The molecule has 1 aliphatic heterocycles. The van der Waals surface area contributed by atoms with Crippen molar-refractivity contribution in [2.45, 2.75) is 38.1 Å². The highest BCUT2D eigenvalue weighted by molar-refractivity contribution is 5.39. The SMILES string of the molecule is c1cncc(Oc2ccc3c(c2)CCN(C2CCC2)CC3)c1. The summed E-state index contributed by atoms with van der Waals surface area (Å²) in [6, 6.07) is 11.2. The molecule has 0 N–H and O–H groups in total. The van der Waals surface area contributed by atoms with Crippen LogP contribution in [0.15, 0.2) is 42.7 Å². The van der Waals surface area contributed by atoms with E-state index in [1.165, 1.54) is 49.9 Å². The Morgan fingerprint density at radius 1 is 1.00 bits per heavy atom. The summed E-state index contributed by atoms with van der Waals surface area (Å²) in [6.07, 6.45) is 10.0. The smallest absolute Gasteiger partial charge is 0.145 e. The van der Waals surface area contributed by atoms with Gasteiger partial charge in [-0.1, -0.05) is 12.5 Å². The third-order valence-electron chi connectivity index (χ3n) is 4.98. The van der Waals surface area contributed by atoms with Gasteiger partial charge in [-0.25, -0.2) is 0 Å². The number of pyridine rings is 1. The van der Waals surface area contributed by atoms with Crippen LogP contribution >= 0.6 is 0 Å². The van der Waals surface area contributed by atoms with Gasteiger partial charge in [-0.3, -0.25) is 9.88 Å². The molecule has 1 aromatic heterocycles. The monoisotopic (exact) mass is 294 g/mol. The minimum Gasteiger partial charge on any atom is -0.456 e. The molecule has 22 heavy (non-hydrogen) atoms. The molecule has 3 nitrogen and oxygen atoms in total. The molecule has 2 heterocycles. The summed E-state index contributed by atoms with van der Waals surface area (Å²) in [5.74, 6) is 1.72. The lowest BCUT2D eigenvalue weighted by atomic mass is 9.91. The van der Waals surface area contributed by atoms with Crippen molar-refractivity contribution < 1.29 is 4.74 Å². The Balaban J connectivity index is 1.49. The van der Waals surface area contributed by atoms with Gasteiger partial charge >= 0.3 is 0 Å². The van der Waals surface area contributed by atoms with Crippen molar-refractivity contribution >= 4 is 0 Å². The van der Waals surface area contributed by atoms with Crippen molar-refractivity contribution in [1.29, 1.82) is 0 Å². The molecule has 2 aromatic rings. The van der Waals surface area contributed by atoms with Gasteiger partial charge in [0.15, 0.2) is 0 Å². The lowest BCUT2D eigenvalue weighted by Crippen LogP contribution is -2.41. The summed E-state index contributed by atoms with van der Waals surface area (Å²) < 4.78 is 5.92. The Morgan fingerprint density at radius 2 is 1.86 bits per heavy atom. The van der Waals surface area contributed by atoms with Crippen LogP contribution < -0.4 is 4.74 Å². The third kappa shape index (κ3) is 2.86. The molecule has 0 atom stereocenters. The maximum Gasteiger partial charge on any atom is 0.145 e. The lowest BCUT2D eigenvalue weighted by molar-refractivity contribution is 0.133. The highest BCUT2D eigenvalue weighted by atomic mass is 16.5. The summed E-state index contributed by atoms with van der Waals surface area (Å²) >= 11 is 0. The number of benzene rings is 1. The quantitative estimate of drug-likeness (QED) is 0.860. The Kier molecular flexibility index (Phi) is 3.81. The van der Waals surface area contributed by atoms with Crippen molar-refractivity contribution in [3.63, 3.8) is 0 Å². The molecule has 0 unspecified atom stereocenters. The minimum absolute atomic E-state index is 0.798. The highest BCUT2D eigenvalue weighted by Gasteiger charge is 2.26. The van der Waals surface area contributed by atoms with E-state index in [1.807, 2.05) is 12.1 Å². The maximum atomic E-state index is 5.92. The average Bonchev–Trinajstić information content (AvgIpc) is 2.70. The van der Waals surface area contributed by atoms with E-state index in [1.54, 1.807) is 12.4 Å². The van der Waals surface area contributed by atoms with Crippen molar-refractivity contribution in [1.82, 2.24) is 9.88 Å². The number of nitrogens with zero attached hydrogens (tertiary/aromatic N) is 2. The molecule has 0 saturated heterocycles. The van der Waals surface area contributed by atoms with Gasteiger partial charge in [0.2, 0.25) is 0 Å². The van der Waals surface area contributed by atoms with Crippen molar-refractivity contribution in [2.75, 3.05) is 13.1 Å².